The summed E-state index contributed by atoms with van der Waals surface area (Å²) in [5, 5.41) is 114. The number of aliphatic hydroxyl groups is 5. The molecular weight excluding hydrogens is 1570 g/mol. The molecule has 0 amide bonds. The SMILES string of the molecule is COC[C@H]1O[C@@H](O[C@@H]2OC[C@@H]3O[C@@]4(OC[C@@H](OC(=O)c5c(C)cc(O)c(Cl)c5O)[C@@H]5OCO[C@H]54)O[C@H]3[C@H]2O)[C@@H](OC)[C@@H](O)[C@@H]1O[C@H]1O[C@@H](C)[C@@H](OC)[C@@H](O[C@@H]2O[C@H](C)[C@H]3O[C@]4(C[C@@H](O)[C@H](O[C@H]5C[C@@H](O[C@H]6C[C@](C)([NH+]([O-])O)[C@@H](OC)[C@H](C)O6)[C@H](OC(=O)c6c(C)c(Cl)c(O)c(Cl)c6OC)[C@@H](C)O5)[C@@H](C)O4)O[C@]3(C)[C@@H]2O)[C@@H]1O. The molecule has 1 unspecified atom stereocenters. The van der Waals surface area contributed by atoms with Crippen molar-refractivity contribution in [3.63, 3.8) is 0 Å². The summed E-state index contributed by atoms with van der Waals surface area (Å²) in [6.07, 6.45) is -40.6. The number of quaternary nitrogens is 1. The summed E-state index contributed by atoms with van der Waals surface area (Å²) in [6.45, 7) is 12.8. The summed E-state index contributed by atoms with van der Waals surface area (Å²) in [7, 11) is 6.57. The van der Waals surface area contributed by atoms with Gasteiger partial charge in [-0.05, 0) is 79.5 Å². The van der Waals surface area contributed by atoms with Crippen LogP contribution in [0.1, 0.15) is 99.6 Å². The lowest BCUT2D eigenvalue weighted by atomic mass is 9.85. The van der Waals surface area contributed by atoms with E-state index in [1.807, 2.05) is 0 Å². The Hall–Kier alpha value is -3.79. The van der Waals surface area contributed by atoms with E-state index in [0.717, 1.165) is 0 Å². The number of phenolic OH excluding ortho intramolecular Hbond substituents is 3. The Balaban J connectivity index is 0.644. The second-order valence-corrected chi connectivity index (χ2v) is 31.2. The second-order valence-electron chi connectivity index (χ2n) is 30.1. The molecule has 2 spiro atoms. The first-order valence-electron chi connectivity index (χ1n) is 36.5. The summed E-state index contributed by atoms with van der Waals surface area (Å²) >= 11 is 18.8. The van der Waals surface area contributed by atoms with Gasteiger partial charge in [0, 0.05) is 34.9 Å². The van der Waals surface area contributed by atoms with Gasteiger partial charge in [0.25, 0.3) is 5.97 Å². The molecule has 11 aliphatic heterocycles. The molecule has 0 aromatic heterocycles. The second kappa shape index (κ2) is 33.8. The lowest BCUT2D eigenvalue weighted by molar-refractivity contribution is -1.09. The smallest absolute Gasteiger partial charge is 0.342 e. The fourth-order valence-corrected chi connectivity index (χ4v) is 17.7. The lowest BCUT2D eigenvalue weighted by Gasteiger charge is -2.50. The van der Waals surface area contributed by atoms with E-state index in [4.69, 9.17) is 158 Å². The van der Waals surface area contributed by atoms with Gasteiger partial charge in [-0.3, -0.25) is 0 Å². The van der Waals surface area contributed by atoms with Crippen molar-refractivity contribution in [1.29, 1.82) is 0 Å². The van der Waals surface area contributed by atoms with Crippen LogP contribution < -0.4 is 9.96 Å². The van der Waals surface area contributed by atoms with Crippen molar-refractivity contribution in [2.24, 2.45) is 0 Å². The van der Waals surface area contributed by atoms with Crippen LogP contribution in [0.25, 0.3) is 0 Å². The maximum absolute atomic E-state index is 14.3. The Morgan fingerprint density at radius 1 is 0.598 bits per heavy atom. The van der Waals surface area contributed by atoms with Gasteiger partial charge in [0.2, 0.25) is 0 Å². The first-order valence-corrected chi connectivity index (χ1v) is 37.7. The molecule has 0 aliphatic carbocycles. The maximum Gasteiger partial charge on any atom is 0.342 e. The lowest BCUT2D eigenvalue weighted by Crippen LogP contribution is -3.16. The van der Waals surface area contributed by atoms with Crippen molar-refractivity contribution >= 4 is 46.7 Å². The fourth-order valence-electron chi connectivity index (χ4n) is 17.1. The third kappa shape index (κ3) is 15.6. The van der Waals surface area contributed by atoms with E-state index in [1.54, 1.807) is 34.6 Å². The molecule has 0 bridgehead atoms. The molecule has 2 aromatic rings. The Morgan fingerprint density at radius 2 is 1.29 bits per heavy atom. The summed E-state index contributed by atoms with van der Waals surface area (Å²) in [6, 6.07) is 1.19. The number of esters is 2. The van der Waals surface area contributed by atoms with Gasteiger partial charge < -0.3 is 169 Å². The summed E-state index contributed by atoms with van der Waals surface area (Å²) < 4.78 is 160. The van der Waals surface area contributed by atoms with E-state index in [-0.39, 0.29) is 77.5 Å². The van der Waals surface area contributed by atoms with Crippen LogP contribution >= 0.6 is 34.8 Å². The highest BCUT2D eigenvalue weighted by Gasteiger charge is 2.70. The Kier molecular flexibility index (Phi) is 26.0. The van der Waals surface area contributed by atoms with E-state index in [0.29, 0.717) is 0 Å². The van der Waals surface area contributed by atoms with Crippen molar-refractivity contribution in [1.82, 2.24) is 0 Å². The number of fused-ring (bicyclic) bond motifs is 4. The molecular formula is C70H98Cl3NO38. The number of benzene rings is 2. The normalized spacial score (nSPS) is 45.7. The molecule has 632 valence electrons. The number of aliphatic hydroxyl groups excluding tert-OH is 5. The van der Waals surface area contributed by atoms with Gasteiger partial charge in [0.15, 0.2) is 78.8 Å². The molecule has 11 aliphatic rings. The number of hydrogen-bond acceptors (Lipinski definition) is 38. The van der Waals surface area contributed by atoms with E-state index < -0.39 is 259 Å². The molecule has 112 heavy (non-hydrogen) atoms. The van der Waals surface area contributed by atoms with E-state index in [2.05, 4.69) is 0 Å². The molecule has 11 fully saturated rings. The summed E-state index contributed by atoms with van der Waals surface area (Å²) in [5.74, 6) is -7.98. The molecule has 0 radical (unpaired) electrons. The molecule has 42 heteroatoms. The van der Waals surface area contributed by atoms with E-state index in [1.165, 1.54) is 69.3 Å². The van der Waals surface area contributed by atoms with Gasteiger partial charge in [-0.25, -0.2) is 20.0 Å². The number of carbonyl (C=O) groups is 2. The molecule has 0 saturated carbocycles. The highest BCUT2D eigenvalue weighted by atomic mass is 35.5. The van der Waals surface area contributed by atoms with Crippen LogP contribution in [-0.4, -0.2) is 334 Å². The van der Waals surface area contributed by atoms with Gasteiger partial charge in [0.05, 0.1) is 81.4 Å². The minimum absolute atomic E-state index is 0.0785. The zero-order valence-electron chi connectivity index (χ0n) is 63.4. The molecule has 2 aromatic carbocycles. The average Bonchev–Trinajstić information content (AvgIpc) is 1.56. The van der Waals surface area contributed by atoms with E-state index in [9.17, 15) is 60.9 Å². The van der Waals surface area contributed by atoms with Crippen molar-refractivity contribution in [2.45, 2.75) is 295 Å². The van der Waals surface area contributed by atoms with Crippen molar-refractivity contribution in [3.8, 4) is 23.0 Å². The number of hydroxylamine groups is 2. The van der Waals surface area contributed by atoms with Crippen molar-refractivity contribution in [3.05, 3.63) is 48.6 Å². The van der Waals surface area contributed by atoms with Gasteiger partial charge in [0.1, 0.15) is 137 Å². The number of halogens is 3. The third-order valence-corrected chi connectivity index (χ3v) is 23.9. The average molecular weight is 1670 g/mol. The third-order valence-electron chi connectivity index (χ3n) is 22.7. The maximum atomic E-state index is 14.3. The van der Waals surface area contributed by atoms with Crippen LogP contribution in [0.3, 0.4) is 0 Å². The van der Waals surface area contributed by atoms with Crippen molar-refractivity contribution < 1.29 is 184 Å². The Morgan fingerprint density at radius 3 is 1.96 bits per heavy atom. The predicted octanol–water partition coefficient (Wildman–Crippen LogP) is 0.411. The number of aryl methyl sites for hydroxylation is 1. The Bertz CT molecular complexity index is 3660. The van der Waals surface area contributed by atoms with Gasteiger partial charge in [-0.1, -0.05) is 34.8 Å². The van der Waals surface area contributed by atoms with E-state index >= 15 is 0 Å². The molecule has 10 N–H and O–H groups in total. The molecule has 39 nitrogen and oxygen atoms in total. The first kappa shape index (κ1) is 86.1. The number of hydrogen-bond donors (Lipinski definition) is 10. The summed E-state index contributed by atoms with van der Waals surface area (Å²) in [5.41, 5.74) is -3.52. The zero-order chi connectivity index (χ0) is 81.0. The number of rotatable bonds is 21. The Labute approximate surface area is 656 Å². The fraction of sp³-hybridized carbons (Fsp3) is 0.800. The van der Waals surface area contributed by atoms with Crippen LogP contribution in [-0.2, 0) is 118 Å². The standard InChI is InChI=1S/C70H98Cl3NO38/c1-23-15-30(75)41(72)43(77)38(23)61(83)101-34-21-95-70(60-53(34)93-22-94-60)109-35-20-92-63(46(80)52(35)110-70)107-65-56(90-13)45(79)51(33(102-65)19-87-10)105-64-47(81)55(50(88-11)26(4)98-64)106-66-57(82)68(9)59(29(7)99-66)111-69(112-68)17-31(76)48(27(5)108-69)103-36-16-32(100-37-18-67(8,74(85)86)58(91-14)28(6)97-37)49(25(3)96-36)104-62(84)39-24(2)40(71)44(78)42(73)54(39)89-12/h15,25-29,31-37,45-53,55-60,63-66,74-82,85H,16-22H2,1-14H3/t25-,26+,27-,28+,29-,31-,32-,33-,34-,35+,36+,37+,45+,46-,47+,48-,49-,50-,51-,52-,53+,55+,56+,57-,58+,59-,60-,63+,64-,65+,66+,67+,68-,69-,70-/m1/s1. The quantitative estimate of drug-likeness (QED) is 0.0598. The zero-order valence-corrected chi connectivity index (χ0v) is 65.7. The highest BCUT2D eigenvalue weighted by Crippen LogP contribution is 2.53. The number of nitrogens with one attached hydrogen (secondary N) is 1. The topological polar surface area (TPSA) is 484 Å². The van der Waals surface area contributed by atoms with Crippen LogP contribution in [0.2, 0.25) is 15.1 Å². The predicted molar refractivity (Wildman–Crippen MR) is 367 cm³/mol. The molecule has 13 rings (SSSR count). The molecule has 11 heterocycles. The number of ether oxygens (including phenoxy) is 26. The summed E-state index contributed by atoms with van der Waals surface area (Å²) in [4.78, 5) is 27.7. The van der Waals surface area contributed by atoms with Gasteiger partial charge in [-0.2, -0.15) is 0 Å². The van der Waals surface area contributed by atoms with Crippen LogP contribution in [0, 0.1) is 19.1 Å². The number of carbonyl (C=O) groups excluding carboxylic acids is 2. The first-order chi connectivity index (χ1) is 53.0. The minimum Gasteiger partial charge on any atom is -0.600 e. The minimum atomic E-state index is -2.06. The van der Waals surface area contributed by atoms with Crippen LogP contribution in [0.4, 0.5) is 0 Å². The number of aromatic hydroxyl groups is 3. The van der Waals surface area contributed by atoms with Crippen molar-refractivity contribution in [2.75, 3.05) is 62.2 Å². The number of methoxy groups -OCH3 is 5. The largest absolute Gasteiger partial charge is 0.600 e. The van der Waals surface area contributed by atoms with Crippen LogP contribution in [0.15, 0.2) is 6.07 Å². The molecule has 36 atom stereocenters. The highest BCUT2D eigenvalue weighted by molar-refractivity contribution is 6.39. The molecule has 11 saturated heterocycles. The van der Waals surface area contributed by atoms with Crippen LogP contribution in [0.5, 0.6) is 23.0 Å². The monoisotopic (exact) mass is 1670 g/mol. The van der Waals surface area contributed by atoms with Gasteiger partial charge >= 0.3 is 17.9 Å². The van der Waals surface area contributed by atoms with Gasteiger partial charge in [-0.15, -0.1) is 0 Å². The number of phenols is 3.